The highest BCUT2D eigenvalue weighted by Crippen LogP contribution is 2.20. The molecule has 0 saturated carbocycles. The molecule has 1 aromatic carbocycles. The fraction of sp³-hybridized carbons (Fsp3) is 0.231. The van der Waals surface area contributed by atoms with Crippen LogP contribution >= 0.6 is 11.6 Å². The van der Waals surface area contributed by atoms with Crippen molar-refractivity contribution in [1.29, 1.82) is 0 Å². The molecular formula is C13H12ClN3O3S. The van der Waals surface area contributed by atoms with Crippen LogP contribution in [-0.2, 0) is 9.84 Å². The van der Waals surface area contributed by atoms with Crippen molar-refractivity contribution in [3.8, 4) is 11.3 Å². The number of aromatic amines is 1. The smallest absolute Gasteiger partial charge is 0.269 e. The summed E-state index contributed by atoms with van der Waals surface area (Å²) in [7, 11) is -2.95. The summed E-state index contributed by atoms with van der Waals surface area (Å²) in [6.45, 7) is 0. The standard InChI is InChI=1S/C13H12ClN3O3S/c14-9-3-1-8(2-4-9)11-5-12(17-16-11)13(18)15-10-6-21(19,20)7-10/h1-5,10H,6-7H2,(H,15,18)(H,16,17). The average Bonchev–Trinajstić information content (AvgIpc) is 2.87. The number of halogens is 1. The van der Waals surface area contributed by atoms with E-state index in [4.69, 9.17) is 11.6 Å². The van der Waals surface area contributed by atoms with Crippen molar-refractivity contribution in [3.05, 3.63) is 41.0 Å². The van der Waals surface area contributed by atoms with Crippen LogP contribution in [-0.4, -0.2) is 42.1 Å². The molecule has 1 aromatic heterocycles. The Morgan fingerprint density at radius 3 is 2.57 bits per heavy atom. The van der Waals surface area contributed by atoms with Gasteiger partial charge in [-0.2, -0.15) is 5.10 Å². The highest BCUT2D eigenvalue weighted by Gasteiger charge is 2.34. The van der Waals surface area contributed by atoms with Crippen molar-refractivity contribution in [2.45, 2.75) is 6.04 Å². The lowest BCUT2D eigenvalue weighted by Gasteiger charge is -2.26. The SMILES string of the molecule is O=C(NC1CS(=O)(=O)C1)c1cc(-c2ccc(Cl)cc2)n[nH]1. The first-order valence-electron chi connectivity index (χ1n) is 6.25. The molecule has 1 aliphatic heterocycles. The number of amides is 1. The highest BCUT2D eigenvalue weighted by atomic mass is 35.5. The Balaban J connectivity index is 1.70. The number of H-pyrrole nitrogens is 1. The normalized spacial score (nSPS) is 17.2. The molecule has 0 aliphatic carbocycles. The lowest BCUT2D eigenvalue weighted by Crippen LogP contribution is -2.53. The van der Waals surface area contributed by atoms with Gasteiger partial charge in [-0.1, -0.05) is 23.7 Å². The molecule has 21 heavy (non-hydrogen) atoms. The summed E-state index contributed by atoms with van der Waals surface area (Å²) in [6.07, 6.45) is 0. The first-order valence-corrected chi connectivity index (χ1v) is 8.45. The number of nitrogens with zero attached hydrogens (tertiary/aromatic N) is 1. The van der Waals surface area contributed by atoms with E-state index in [0.29, 0.717) is 16.4 Å². The molecule has 0 atom stereocenters. The Labute approximate surface area is 126 Å². The van der Waals surface area contributed by atoms with Crippen LogP contribution in [0.15, 0.2) is 30.3 Å². The molecule has 110 valence electrons. The van der Waals surface area contributed by atoms with Gasteiger partial charge in [-0.3, -0.25) is 9.89 Å². The third kappa shape index (κ3) is 3.08. The summed E-state index contributed by atoms with van der Waals surface area (Å²) in [5.41, 5.74) is 1.75. The third-order valence-corrected chi connectivity index (χ3v) is 5.28. The van der Waals surface area contributed by atoms with Crippen LogP contribution in [0.25, 0.3) is 11.3 Å². The van der Waals surface area contributed by atoms with Gasteiger partial charge in [-0.05, 0) is 18.2 Å². The molecule has 1 saturated heterocycles. The van der Waals surface area contributed by atoms with Crippen molar-refractivity contribution in [3.63, 3.8) is 0 Å². The van der Waals surface area contributed by atoms with Crippen molar-refractivity contribution < 1.29 is 13.2 Å². The minimum absolute atomic E-state index is 0.00306. The molecule has 1 amide bonds. The fourth-order valence-electron chi connectivity index (χ4n) is 2.12. The molecule has 6 nitrogen and oxygen atoms in total. The molecule has 0 radical (unpaired) electrons. The maximum absolute atomic E-state index is 12.0. The zero-order valence-electron chi connectivity index (χ0n) is 10.8. The van der Waals surface area contributed by atoms with E-state index in [9.17, 15) is 13.2 Å². The van der Waals surface area contributed by atoms with Gasteiger partial charge in [-0.15, -0.1) is 0 Å². The number of carbonyl (C=O) groups excluding carboxylic acids is 1. The van der Waals surface area contributed by atoms with Crippen LogP contribution in [0.4, 0.5) is 0 Å². The molecule has 1 fully saturated rings. The monoisotopic (exact) mass is 325 g/mol. The van der Waals surface area contributed by atoms with E-state index in [-0.39, 0.29) is 23.5 Å². The number of aromatic nitrogens is 2. The predicted octanol–water partition coefficient (Wildman–Crippen LogP) is 1.26. The van der Waals surface area contributed by atoms with Gasteiger partial charge in [-0.25, -0.2) is 8.42 Å². The Morgan fingerprint density at radius 2 is 1.95 bits per heavy atom. The summed E-state index contributed by atoms with van der Waals surface area (Å²) in [5.74, 6) is -0.365. The van der Waals surface area contributed by atoms with Gasteiger partial charge in [0.2, 0.25) is 0 Å². The summed E-state index contributed by atoms with van der Waals surface area (Å²) >= 11 is 5.82. The molecule has 2 N–H and O–H groups in total. The number of hydrogen-bond acceptors (Lipinski definition) is 4. The summed E-state index contributed by atoms with van der Waals surface area (Å²) in [4.78, 5) is 12.0. The maximum atomic E-state index is 12.0. The molecule has 1 aliphatic rings. The summed E-state index contributed by atoms with van der Waals surface area (Å²) < 4.78 is 22.1. The Kier molecular flexibility index (Phi) is 3.46. The average molecular weight is 326 g/mol. The predicted molar refractivity (Wildman–Crippen MR) is 78.9 cm³/mol. The number of rotatable bonds is 3. The zero-order valence-corrected chi connectivity index (χ0v) is 12.4. The van der Waals surface area contributed by atoms with Gasteiger partial charge in [0.1, 0.15) is 5.69 Å². The van der Waals surface area contributed by atoms with Gasteiger partial charge >= 0.3 is 0 Å². The summed E-state index contributed by atoms with van der Waals surface area (Å²) in [6, 6.07) is 8.39. The van der Waals surface area contributed by atoms with Crippen LogP contribution < -0.4 is 5.32 Å². The largest absolute Gasteiger partial charge is 0.346 e. The van der Waals surface area contributed by atoms with E-state index in [1.165, 1.54) is 0 Å². The lowest BCUT2D eigenvalue weighted by molar-refractivity contribution is 0.0937. The van der Waals surface area contributed by atoms with E-state index in [2.05, 4.69) is 15.5 Å². The topological polar surface area (TPSA) is 91.9 Å². The molecule has 8 heteroatoms. The third-order valence-electron chi connectivity index (χ3n) is 3.21. The maximum Gasteiger partial charge on any atom is 0.269 e. The second-order valence-electron chi connectivity index (χ2n) is 4.92. The minimum Gasteiger partial charge on any atom is -0.346 e. The number of nitrogens with one attached hydrogen (secondary N) is 2. The lowest BCUT2D eigenvalue weighted by atomic mass is 10.1. The number of hydrogen-bond donors (Lipinski definition) is 2. The molecule has 0 bridgehead atoms. The van der Waals surface area contributed by atoms with Gasteiger partial charge in [0.15, 0.2) is 9.84 Å². The second-order valence-corrected chi connectivity index (χ2v) is 7.51. The number of sulfone groups is 1. The van der Waals surface area contributed by atoms with Crippen LogP contribution in [0.1, 0.15) is 10.5 Å². The molecule has 3 rings (SSSR count). The van der Waals surface area contributed by atoms with E-state index < -0.39 is 9.84 Å². The van der Waals surface area contributed by atoms with Crippen LogP contribution in [0, 0.1) is 0 Å². The van der Waals surface area contributed by atoms with Gasteiger partial charge in [0.25, 0.3) is 5.91 Å². The molecule has 2 heterocycles. The molecule has 0 spiro atoms. The molecular weight excluding hydrogens is 314 g/mol. The zero-order chi connectivity index (χ0) is 15.0. The van der Waals surface area contributed by atoms with Crippen molar-refractivity contribution in [2.75, 3.05) is 11.5 Å². The van der Waals surface area contributed by atoms with Crippen LogP contribution in [0.3, 0.4) is 0 Å². The van der Waals surface area contributed by atoms with E-state index in [0.717, 1.165) is 5.56 Å². The van der Waals surface area contributed by atoms with Crippen molar-refractivity contribution >= 4 is 27.3 Å². The highest BCUT2D eigenvalue weighted by molar-refractivity contribution is 7.92. The number of carbonyl (C=O) groups is 1. The fourth-order valence-corrected chi connectivity index (χ4v) is 3.54. The van der Waals surface area contributed by atoms with Crippen LogP contribution in [0.2, 0.25) is 5.02 Å². The Morgan fingerprint density at radius 1 is 1.29 bits per heavy atom. The van der Waals surface area contributed by atoms with E-state index >= 15 is 0 Å². The second kappa shape index (κ2) is 5.16. The summed E-state index contributed by atoms with van der Waals surface area (Å²) in [5, 5.41) is 9.99. The first-order chi connectivity index (χ1) is 9.93. The number of benzene rings is 1. The minimum atomic E-state index is -2.95. The van der Waals surface area contributed by atoms with Gasteiger partial charge < -0.3 is 5.32 Å². The Bertz CT molecular complexity index is 771. The van der Waals surface area contributed by atoms with Crippen molar-refractivity contribution in [2.24, 2.45) is 0 Å². The quantitative estimate of drug-likeness (QED) is 0.888. The molecule has 0 unspecified atom stereocenters. The Hall–Kier alpha value is -1.86. The molecule has 2 aromatic rings. The van der Waals surface area contributed by atoms with Crippen molar-refractivity contribution in [1.82, 2.24) is 15.5 Å². The van der Waals surface area contributed by atoms with Gasteiger partial charge in [0, 0.05) is 10.6 Å². The van der Waals surface area contributed by atoms with Gasteiger partial charge in [0.05, 0.1) is 23.2 Å². The van der Waals surface area contributed by atoms with E-state index in [1.807, 2.05) is 0 Å². The van der Waals surface area contributed by atoms with Crippen LogP contribution in [0.5, 0.6) is 0 Å². The van der Waals surface area contributed by atoms with E-state index in [1.54, 1.807) is 30.3 Å². The first kappa shape index (κ1) is 14.1.